The fourth-order valence-electron chi connectivity index (χ4n) is 2.17. The van der Waals surface area contributed by atoms with Crippen molar-refractivity contribution in [1.29, 1.82) is 0 Å². The van der Waals surface area contributed by atoms with Crippen LogP contribution in [0, 0.1) is 58.2 Å². The normalized spacial score (nSPS) is 11.0. The van der Waals surface area contributed by atoms with E-state index in [0.717, 1.165) is 0 Å². The van der Waals surface area contributed by atoms with E-state index in [0.29, 0.717) is 6.07 Å². The predicted octanol–water partition coefficient (Wildman–Crippen LogP) is 4.24. The number of hydrogen-bond donors (Lipinski definition) is 1. The lowest BCUT2D eigenvalue weighted by atomic mass is 10.2. The SMILES string of the molecule is O=C(Oc1c(F)c(F)c(F)c(F)c1F)c1cc(C(=O)Oc2c(F)c(F)c(F)c(F)c2F)[nH]n1. The Labute approximate surface area is 173 Å². The second-order valence-electron chi connectivity index (χ2n) is 5.74. The van der Waals surface area contributed by atoms with E-state index in [9.17, 15) is 53.5 Å². The van der Waals surface area contributed by atoms with E-state index in [-0.39, 0.29) is 0 Å². The molecule has 2 aromatic carbocycles. The van der Waals surface area contributed by atoms with Crippen LogP contribution in [-0.4, -0.2) is 22.1 Å². The van der Waals surface area contributed by atoms with Crippen molar-refractivity contribution in [3.8, 4) is 11.5 Å². The minimum atomic E-state index is -2.54. The number of nitrogens with one attached hydrogen (secondary N) is 1. The molecule has 1 N–H and O–H groups in total. The Hall–Kier alpha value is -4.11. The molecule has 0 radical (unpaired) electrons. The van der Waals surface area contributed by atoms with Crippen LogP contribution in [0.1, 0.15) is 21.0 Å². The molecular formula is C17H2F10N2O4. The number of aromatic amines is 1. The third-order valence-corrected chi connectivity index (χ3v) is 3.74. The molecule has 0 saturated carbocycles. The maximum Gasteiger partial charge on any atom is 0.364 e. The van der Waals surface area contributed by atoms with E-state index in [2.05, 4.69) is 14.6 Å². The van der Waals surface area contributed by atoms with Crippen molar-refractivity contribution in [2.75, 3.05) is 0 Å². The molecule has 0 aliphatic heterocycles. The quantitative estimate of drug-likeness (QED) is 0.196. The molecule has 0 aliphatic rings. The maximum absolute atomic E-state index is 13.6. The van der Waals surface area contributed by atoms with Crippen LogP contribution in [0.3, 0.4) is 0 Å². The van der Waals surface area contributed by atoms with Gasteiger partial charge in [0.25, 0.3) is 0 Å². The van der Waals surface area contributed by atoms with Gasteiger partial charge >= 0.3 is 11.9 Å². The number of rotatable bonds is 4. The second kappa shape index (κ2) is 8.44. The van der Waals surface area contributed by atoms with Gasteiger partial charge in [0.1, 0.15) is 5.69 Å². The molecule has 0 saturated heterocycles. The molecule has 0 amide bonds. The Morgan fingerprint density at radius 2 is 0.909 bits per heavy atom. The van der Waals surface area contributed by atoms with E-state index >= 15 is 0 Å². The third kappa shape index (κ3) is 3.94. The summed E-state index contributed by atoms with van der Waals surface area (Å²) in [5, 5.41) is 4.79. The van der Waals surface area contributed by atoms with E-state index in [1.807, 2.05) is 0 Å². The number of carbonyl (C=O) groups excluding carboxylic acids is 2. The van der Waals surface area contributed by atoms with Gasteiger partial charge in [-0.25, -0.2) is 35.9 Å². The van der Waals surface area contributed by atoms with Gasteiger partial charge in [-0.15, -0.1) is 0 Å². The maximum atomic E-state index is 13.6. The first-order valence-corrected chi connectivity index (χ1v) is 7.89. The minimum absolute atomic E-state index is 0.350. The number of carbonyl (C=O) groups is 2. The van der Waals surface area contributed by atoms with E-state index in [1.54, 1.807) is 5.10 Å². The van der Waals surface area contributed by atoms with Crippen LogP contribution in [0.5, 0.6) is 11.5 Å². The number of hydrogen-bond acceptors (Lipinski definition) is 5. The predicted molar refractivity (Wildman–Crippen MR) is 81.0 cm³/mol. The monoisotopic (exact) mass is 488 g/mol. The highest BCUT2D eigenvalue weighted by Crippen LogP contribution is 2.31. The molecule has 0 atom stereocenters. The summed E-state index contributed by atoms with van der Waals surface area (Å²) < 4.78 is 141. The van der Waals surface area contributed by atoms with Gasteiger partial charge in [0.05, 0.1) is 0 Å². The van der Waals surface area contributed by atoms with Gasteiger partial charge in [-0.3, -0.25) is 5.10 Å². The number of aromatic nitrogens is 2. The van der Waals surface area contributed by atoms with E-state index in [1.165, 1.54) is 0 Å². The van der Waals surface area contributed by atoms with Gasteiger partial charge in [-0.2, -0.15) is 22.7 Å². The van der Waals surface area contributed by atoms with Crippen molar-refractivity contribution in [1.82, 2.24) is 10.2 Å². The van der Waals surface area contributed by atoms with Gasteiger partial charge in [0.2, 0.25) is 69.7 Å². The lowest BCUT2D eigenvalue weighted by molar-refractivity contribution is 0.0704. The first kappa shape index (κ1) is 23.6. The first-order chi connectivity index (χ1) is 15.4. The topological polar surface area (TPSA) is 81.3 Å². The van der Waals surface area contributed by atoms with Crippen molar-refractivity contribution in [3.63, 3.8) is 0 Å². The molecule has 0 fully saturated rings. The molecule has 0 aliphatic carbocycles. The highest BCUT2D eigenvalue weighted by Gasteiger charge is 2.31. The van der Waals surface area contributed by atoms with Gasteiger partial charge < -0.3 is 9.47 Å². The van der Waals surface area contributed by atoms with Crippen molar-refractivity contribution >= 4 is 11.9 Å². The number of ether oxygens (including phenoxy) is 2. The zero-order chi connectivity index (χ0) is 24.8. The highest BCUT2D eigenvalue weighted by molar-refractivity contribution is 5.94. The van der Waals surface area contributed by atoms with E-state index in [4.69, 9.17) is 0 Å². The molecule has 0 spiro atoms. The summed E-state index contributed by atoms with van der Waals surface area (Å²) in [6.45, 7) is 0. The molecule has 16 heteroatoms. The Balaban J connectivity index is 1.85. The number of halogens is 10. The summed E-state index contributed by atoms with van der Waals surface area (Å²) in [6.07, 6.45) is 0. The van der Waals surface area contributed by atoms with Crippen molar-refractivity contribution < 1.29 is 63.0 Å². The Bertz CT molecular complexity index is 1170. The van der Waals surface area contributed by atoms with Crippen molar-refractivity contribution in [3.05, 3.63) is 75.6 Å². The van der Waals surface area contributed by atoms with Gasteiger partial charge in [0.15, 0.2) is 5.69 Å². The van der Waals surface area contributed by atoms with Gasteiger partial charge in [-0.1, -0.05) is 0 Å². The Kier molecular flexibility index (Phi) is 6.02. The van der Waals surface area contributed by atoms with Crippen molar-refractivity contribution in [2.45, 2.75) is 0 Å². The molecule has 0 bridgehead atoms. The molecule has 0 unspecified atom stereocenters. The van der Waals surface area contributed by atoms with Crippen LogP contribution >= 0.6 is 0 Å². The molecule has 1 aromatic heterocycles. The second-order valence-corrected chi connectivity index (χ2v) is 5.74. The van der Waals surface area contributed by atoms with Crippen LogP contribution < -0.4 is 9.47 Å². The summed E-state index contributed by atoms with van der Waals surface area (Å²) in [7, 11) is 0. The summed E-state index contributed by atoms with van der Waals surface area (Å²) in [4.78, 5) is 23.7. The first-order valence-electron chi connectivity index (χ1n) is 7.89. The fourth-order valence-corrected chi connectivity index (χ4v) is 2.17. The Morgan fingerprint density at radius 3 is 1.30 bits per heavy atom. The number of nitrogens with zero attached hydrogens (tertiary/aromatic N) is 1. The lowest BCUT2D eigenvalue weighted by Crippen LogP contribution is -2.15. The lowest BCUT2D eigenvalue weighted by Gasteiger charge is -2.08. The number of benzene rings is 2. The smallest absolute Gasteiger partial charge is 0.364 e. The molecule has 1 heterocycles. The van der Waals surface area contributed by atoms with Gasteiger partial charge in [-0.05, 0) is 0 Å². The fraction of sp³-hybridized carbons (Fsp3) is 0. The molecular weight excluding hydrogens is 486 g/mol. The Morgan fingerprint density at radius 1 is 0.576 bits per heavy atom. The molecule has 3 aromatic rings. The zero-order valence-electron chi connectivity index (χ0n) is 14.9. The standard InChI is InChI=1S/C17H2F10N2O4/c18-4-6(20)10(24)14(11(25)7(4)21)32-16(30)2-1-3(29-28-2)17(31)33-15-12(26)8(22)5(19)9(23)13(15)27/h1H,(H,28,29). The molecule has 6 nitrogen and oxygen atoms in total. The summed E-state index contributed by atoms with van der Waals surface area (Å²) in [5.74, 6) is -32.6. The third-order valence-electron chi connectivity index (χ3n) is 3.74. The van der Waals surface area contributed by atoms with Crippen LogP contribution in [0.4, 0.5) is 43.9 Å². The molecule has 3 rings (SSSR count). The highest BCUT2D eigenvalue weighted by atomic mass is 19.2. The van der Waals surface area contributed by atoms with Crippen molar-refractivity contribution in [2.24, 2.45) is 0 Å². The molecule has 174 valence electrons. The van der Waals surface area contributed by atoms with Crippen LogP contribution in [0.15, 0.2) is 6.07 Å². The minimum Gasteiger partial charge on any atom is -0.415 e. The van der Waals surface area contributed by atoms with Crippen LogP contribution in [0.25, 0.3) is 0 Å². The summed E-state index contributed by atoms with van der Waals surface area (Å²) in [6, 6.07) is 0.350. The molecule has 33 heavy (non-hydrogen) atoms. The summed E-state index contributed by atoms with van der Waals surface area (Å²) in [5.41, 5.74) is -2.04. The zero-order valence-corrected chi connectivity index (χ0v) is 14.9. The van der Waals surface area contributed by atoms with Crippen LogP contribution in [-0.2, 0) is 0 Å². The average molecular weight is 488 g/mol. The van der Waals surface area contributed by atoms with E-state index < -0.39 is 93.0 Å². The summed E-state index contributed by atoms with van der Waals surface area (Å²) >= 11 is 0. The largest absolute Gasteiger partial charge is 0.415 e. The number of esters is 2. The van der Waals surface area contributed by atoms with Gasteiger partial charge in [0, 0.05) is 6.07 Å². The number of H-pyrrole nitrogens is 1. The van der Waals surface area contributed by atoms with Crippen LogP contribution in [0.2, 0.25) is 0 Å². The average Bonchev–Trinajstić information content (AvgIpc) is 3.30.